The van der Waals surface area contributed by atoms with Gasteiger partial charge in [0, 0.05) is 78.8 Å². The van der Waals surface area contributed by atoms with Crippen molar-refractivity contribution in [3.05, 3.63) is 87.5 Å². The minimum atomic E-state index is -1.01. The summed E-state index contributed by atoms with van der Waals surface area (Å²) in [5.74, 6) is -2.10. The molecule has 18 heteroatoms. The first-order valence-corrected chi connectivity index (χ1v) is 20.8. The van der Waals surface area contributed by atoms with Crippen LogP contribution >= 0.6 is 23.2 Å². The molecule has 4 aliphatic heterocycles. The zero-order valence-corrected chi connectivity index (χ0v) is 34.3. The number of imide groups is 2. The van der Waals surface area contributed by atoms with Crippen molar-refractivity contribution in [2.24, 2.45) is 0 Å². The minimum Gasteiger partial charge on any atom is -0.482 e. The second-order valence-corrected chi connectivity index (χ2v) is 16.5. The van der Waals surface area contributed by atoms with Crippen molar-refractivity contribution >= 4 is 64.2 Å². The molecule has 314 valence electrons. The lowest BCUT2D eigenvalue weighted by atomic mass is 10.0. The summed E-state index contributed by atoms with van der Waals surface area (Å²) in [6.07, 6.45) is 8.48. The fraction of sp³-hybridized carbons (Fsp3) is 0.405. The first-order chi connectivity index (χ1) is 28.9. The van der Waals surface area contributed by atoms with E-state index in [1.54, 1.807) is 43.6 Å². The number of piperidine rings is 2. The maximum Gasteiger partial charge on any atom is 0.264 e. The van der Waals surface area contributed by atoms with Crippen LogP contribution in [0.1, 0.15) is 90.3 Å². The van der Waals surface area contributed by atoms with Crippen LogP contribution in [-0.4, -0.2) is 104 Å². The van der Waals surface area contributed by atoms with Crippen LogP contribution in [0.4, 0.5) is 15.9 Å². The number of ether oxygens (including phenoxy) is 1. The number of hydrogen-bond acceptors (Lipinski definition) is 11. The van der Waals surface area contributed by atoms with E-state index in [1.165, 1.54) is 12.1 Å². The number of hydrogen-bond donors (Lipinski definition) is 3. The van der Waals surface area contributed by atoms with Crippen molar-refractivity contribution in [1.29, 1.82) is 0 Å². The van der Waals surface area contributed by atoms with Crippen LogP contribution < -0.4 is 21.1 Å². The maximum absolute atomic E-state index is 14.2. The van der Waals surface area contributed by atoms with Crippen molar-refractivity contribution in [2.45, 2.75) is 76.1 Å². The normalized spacial score (nSPS) is 19.3. The minimum absolute atomic E-state index is 0.0659. The first-order valence-electron chi connectivity index (χ1n) is 20.1. The van der Waals surface area contributed by atoms with Crippen LogP contribution in [0.5, 0.6) is 5.75 Å². The Morgan fingerprint density at radius 2 is 1.82 bits per heavy atom. The molecule has 0 bridgehead atoms. The molecule has 0 saturated carbocycles. The number of benzene rings is 2. The SMILES string of the molecule is CC(Oc1cc(-c2cnn(C3CCN(C(=O)CCCCN4CC(Nc5cccc6c5C(=O)N(C5CCC(=O)NC5=O)C6=O)C4)CC3)c2)cnc1N)c1c(Cl)ccc(F)c1Cl. The Bertz CT molecular complexity index is 2360. The van der Waals surface area contributed by atoms with Crippen LogP contribution in [-0.2, 0) is 14.4 Å². The number of carbonyl (C=O) groups is 5. The fourth-order valence-corrected chi connectivity index (χ4v) is 9.09. The molecule has 2 aromatic carbocycles. The van der Waals surface area contributed by atoms with Gasteiger partial charge in [0.05, 0.1) is 34.4 Å². The van der Waals surface area contributed by atoms with Gasteiger partial charge in [-0.25, -0.2) is 9.37 Å². The fourth-order valence-electron chi connectivity index (χ4n) is 8.41. The second kappa shape index (κ2) is 17.2. The molecule has 3 saturated heterocycles. The van der Waals surface area contributed by atoms with E-state index < -0.39 is 41.6 Å². The summed E-state index contributed by atoms with van der Waals surface area (Å²) in [5, 5.41) is 10.4. The quantitative estimate of drug-likeness (QED) is 0.0859. The smallest absolute Gasteiger partial charge is 0.264 e. The standard InChI is InChI=1S/C42H44Cl2FN9O6/c1-23(36-29(43)8-9-30(45)38(36)44)60-33-17-24(18-47-39(33)46)25-19-48-53(20-25)27-12-15-52(16-13-27)35(56)7-2-3-14-51-21-26(22-51)49-31-6-4-5-28-37(31)42(59)54(41(28)58)32-10-11-34(55)50-40(32)57/h4-6,8-9,17-20,23,26-27,32,49H,2-3,7,10-16,21-22H2,1H3,(H2,46,47)(H,50,55,57). The Labute approximate surface area is 355 Å². The van der Waals surface area contributed by atoms with Crippen LogP contribution in [0.3, 0.4) is 0 Å². The first kappa shape index (κ1) is 41.2. The number of pyridine rings is 1. The molecular formula is C42H44Cl2FN9O6. The summed E-state index contributed by atoms with van der Waals surface area (Å²) < 4.78 is 22.1. The highest BCUT2D eigenvalue weighted by atomic mass is 35.5. The molecule has 2 atom stereocenters. The lowest BCUT2D eigenvalue weighted by Gasteiger charge is -2.40. The van der Waals surface area contributed by atoms with Crippen molar-refractivity contribution in [3.63, 3.8) is 0 Å². The number of rotatable bonds is 13. The Hall–Kier alpha value is -5.58. The molecule has 4 aliphatic rings. The van der Waals surface area contributed by atoms with E-state index >= 15 is 0 Å². The molecule has 15 nitrogen and oxygen atoms in total. The Morgan fingerprint density at radius 3 is 2.58 bits per heavy atom. The van der Waals surface area contributed by atoms with E-state index in [-0.39, 0.29) is 57.8 Å². The number of halogens is 3. The lowest BCUT2D eigenvalue weighted by Crippen LogP contribution is -2.55. The summed E-state index contributed by atoms with van der Waals surface area (Å²) in [6, 6.07) is 8.64. The van der Waals surface area contributed by atoms with Gasteiger partial charge in [-0.05, 0) is 75.9 Å². The van der Waals surface area contributed by atoms with Crippen LogP contribution in [0.15, 0.2) is 55.0 Å². The number of amides is 5. The molecule has 0 radical (unpaired) electrons. The number of nitrogens with two attached hydrogens (primary N) is 1. The zero-order valence-electron chi connectivity index (χ0n) is 32.8. The molecule has 0 spiro atoms. The Morgan fingerprint density at radius 1 is 1.03 bits per heavy atom. The molecule has 60 heavy (non-hydrogen) atoms. The largest absolute Gasteiger partial charge is 0.482 e. The van der Waals surface area contributed by atoms with Crippen molar-refractivity contribution in [1.82, 2.24) is 34.8 Å². The van der Waals surface area contributed by atoms with Gasteiger partial charge in [0.25, 0.3) is 11.8 Å². The summed E-state index contributed by atoms with van der Waals surface area (Å²) in [5.41, 5.74) is 9.06. The monoisotopic (exact) mass is 859 g/mol. The molecule has 0 aliphatic carbocycles. The molecule has 2 aromatic heterocycles. The van der Waals surface area contributed by atoms with E-state index in [4.69, 9.17) is 33.7 Å². The van der Waals surface area contributed by atoms with Gasteiger partial charge in [0.2, 0.25) is 17.7 Å². The average molecular weight is 861 g/mol. The van der Waals surface area contributed by atoms with Crippen LogP contribution in [0.25, 0.3) is 11.1 Å². The average Bonchev–Trinajstić information content (AvgIpc) is 3.81. The number of anilines is 2. The summed E-state index contributed by atoms with van der Waals surface area (Å²) in [7, 11) is 0. The number of likely N-dealkylation sites (tertiary alicyclic amines) is 2. The van der Waals surface area contributed by atoms with E-state index in [0.29, 0.717) is 36.5 Å². The van der Waals surface area contributed by atoms with Gasteiger partial charge in [-0.15, -0.1) is 0 Å². The topological polar surface area (TPSA) is 185 Å². The van der Waals surface area contributed by atoms with Gasteiger partial charge in [-0.2, -0.15) is 5.10 Å². The third kappa shape index (κ3) is 8.27. The highest BCUT2D eigenvalue weighted by Gasteiger charge is 2.46. The number of aromatic nitrogens is 3. The third-order valence-corrected chi connectivity index (χ3v) is 12.4. The van der Waals surface area contributed by atoms with E-state index in [1.807, 2.05) is 15.8 Å². The number of nitrogens with one attached hydrogen (secondary N) is 2. The third-order valence-electron chi connectivity index (χ3n) is 11.7. The number of carbonyl (C=O) groups excluding carboxylic acids is 5. The predicted molar refractivity (Wildman–Crippen MR) is 221 cm³/mol. The van der Waals surface area contributed by atoms with Gasteiger partial charge in [-0.3, -0.25) is 43.8 Å². The van der Waals surface area contributed by atoms with E-state index in [2.05, 4.69) is 25.6 Å². The lowest BCUT2D eigenvalue weighted by molar-refractivity contribution is -0.136. The number of nitrogens with zero attached hydrogens (tertiary/aromatic N) is 6. The van der Waals surface area contributed by atoms with Gasteiger partial charge >= 0.3 is 0 Å². The molecule has 2 unspecified atom stereocenters. The predicted octanol–water partition coefficient (Wildman–Crippen LogP) is 5.64. The molecule has 8 rings (SSSR count). The highest BCUT2D eigenvalue weighted by molar-refractivity contribution is 6.36. The highest BCUT2D eigenvalue weighted by Crippen LogP contribution is 2.38. The number of nitrogen functional groups attached to an aromatic ring is 1. The molecule has 4 N–H and O–H groups in total. The van der Waals surface area contributed by atoms with Crippen molar-refractivity contribution < 1.29 is 33.1 Å². The van der Waals surface area contributed by atoms with Gasteiger partial charge in [0.15, 0.2) is 11.6 Å². The summed E-state index contributed by atoms with van der Waals surface area (Å²) in [4.78, 5) is 73.3. The number of fused-ring (bicyclic) bond motifs is 1. The molecule has 3 fully saturated rings. The van der Waals surface area contributed by atoms with Gasteiger partial charge < -0.3 is 20.7 Å². The van der Waals surface area contributed by atoms with E-state index in [0.717, 1.165) is 61.3 Å². The van der Waals surface area contributed by atoms with E-state index in [9.17, 15) is 28.4 Å². The van der Waals surface area contributed by atoms with Crippen LogP contribution in [0.2, 0.25) is 10.0 Å². The zero-order chi connectivity index (χ0) is 42.2. The van der Waals surface area contributed by atoms with Gasteiger partial charge in [0.1, 0.15) is 18.0 Å². The molecule has 6 heterocycles. The van der Waals surface area contributed by atoms with Crippen molar-refractivity contribution in [2.75, 3.05) is 43.8 Å². The maximum atomic E-state index is 14.2. The summed E-state index contributed by atoms with van der Waals surface area (Å²) in [6.45, 7) is 5.34. The Balaban J connectivity index is 0.758. The second-order valence-electron chi connectivity index (χ2n) is 15.7. The Kier molecular flexibility index (Phi) is 11.8. The number of unbranched alkanes of at least 4 members (excludes halogenated alkanes) is 1. The van der Waals surface area contributed by atoms with Crippen molar-refractivity contribution in [3.8, 4) is 16.9 Å². The van der Waals surface area contributed by atoms with Crippen LogP contribution in [0, 0.1) is 5.82 Å². The molecular weight excluding hydrogens is 816 g/mol. The van der Waals surface area contributed by atoms with Gasteiger partial charge in [-0.1, -0.05) is 29.3 Å². The summed E-state index contributed by atoms with van der Waals surface area (Å²) >= 11 is 12.5. The molecule has 5 amide bonds. The molecule has 4 aromatic rings.